The van der Waals surface area contributed by atoms with E-state index >= 15 is 0 Å². The fraction of sp³-hybridized carbons (Fsp3) is 1.00. The van der Waals surface area contributed by atoms with Gasteiger partial charge in [0.2, 0.25) is 0 Å². The highest BCUT2D eigenvalue weighted by Gasteiger charge is 2.73. The molecular weight excluding hydrogens is 155 g/mol. The lowest BCUT2D eigenvalue weighted by molar-refractivity contribution is -0.216. The number of hydrogen-bond acceptors (Lipinski definition) is 0. The molecule has 5 aliphatic rings. The van der Waals surface area contributed by atoms with Crippen LogP contribution in [0.2, 0.25) is 11.6 Å². The molecule has 0 aromatic rings. The molecular formula is C12H16B. The van der Waals surface area contributed by atoms with Crippen LogP contribution < -0.4 is 0 Å². The Labute approximate surface area is 80.7 Å². The van der Waals surface area contributed by atoms with Gasteiger partial charge >= 0.3 is 0 Å². The van der Waals surface area contributed by atoms with Gasteiger partial charge in [-0.25, -0.2) is 0 Å². The zero-order valence-electron chi connectivity index (χ0n) is 8.02. The van der Waals surface area contributed by atoms with Gasteiger partial charge in [-0.2, -0.15) is 0 Å². The van der Waals surface area contributed by atoms with Gasteiger partial charge in [-0.3, -0.25) is 0 Å². The summed E-state index contributed by atoms with van der Waals surface area (Å²) in [6.07, 6.45) is 6.33. The maximum absolute atomic E-state index is 2.79. The number of fused-ring (bicyclic) bond motifs is 9. The van der Waals surface area contributed by atoms with E-state index in [1.807, 2.05) is 0 Å². The predicted octanol–water partition coefficient (Wildman–Crippen LogP) is 2.59. The summed E-state index contributed by atoms with van der Waals surface area (Å²) in [6, 6.07) is 0. The van der Waals surface area contributed by atoms with Gasteiger partial charge in [-0.05, 0) is 48.3 Å². The highest BCUT2D eigenvalue weighted by molar-refractivity contribution is 6.42. The van der Waals surface area contributed by atoms with Crippen LogP contribution in [-0.4, -0.2) is 7.28 Å². The van der Waals surface area contributed by atoms with Gasteiger partial charge < -0.3 is 0 Å². The Morgan fingerprint density at radius 3 is 2.08 bits per heavy atom. The van der Waals surface area contributed by atoms with Crippen LogP contribution in [0.5, 0.6) is 0 Å². The van der Waals surface area contributed by atoms with Gasteiger partial charge in [0, 0.05) is 0 Å². The second kappa shape index (κ2) is 1.75. The minimum Gasteiger partial charge on any atom is -0.0655 e. The molecule has 0 aromatic carbocycles. The van der Waals surface area contributed by atoms with Crippen molar-refractivity contribution in [3.63, 3.8) is 0 Å². The molecule has 67 valence electrons. The first-order valence-electron chi connectivity index (χ1n) is 6.30. The molecule has 1 heteroatoms. The van der Waals surface area contributed by atoms with E-state index in [4.69, 9.17) is 0 Å². The van der Waals surface area contributed by atoms with Gasteiger partial charge in [0.25, 0.3) is 0 Å². The van der Waals surface area contributed by atoms with Crippen molar-refractivity contribution in [3.05, 3.63) is 0 Å². The normalized spacial score (nSPS) is 75.1. The van der Waals surface area contributed by atoms with Crippen molar-refractivity contribution in [2.75, 3.05) is 0 Å². The van der Waals surface area contributed by atoms with E-state index in [1.165, 1.54) is 35.5 Å². The first-order valence-corrected chi connectivity index (χ1v) is 6.30. The van der Waals surface area contributed by atoms with Crippen LogP contribution in [-0.2, 0) is 0 Å². The number of rotatable bonds is 0. The Hall–Kier alpha value is 0.0649. The maximum Gasteiger partial charge on any atom is 0.118 e. The lowest BCUT2D eigenvalue weighted by atomic mass is 9.28. The van der Waals surface area contributed by atoms with Crippen molar-refractivity contribution >= 4 is 7.28 Å². The summed E-state index contributed by atoms with van der Waals surface area (Å²) in [5.41, 5.74) is 0. The molecule has 0 spiro atoms. The molecule has 1 saturated heterocycles. The quantitative estimate of drug-likeness (QED) is 0.491. The smallest absolute Gasteiger partial charge is 0.0655 e. The van der Waals surface area contributed by atoms with E-state index in [9.17, 15) is 0 Å². The van der Waals surface area contributed by atoms with E-state index in [0.717, 1.165) is 11.6 Å². The predicted molar refractivity (Wildman–Crippen MR) is 52.7 cm³/mol. The number of hydrogen-bond donors (Lipinski definition) is 0. The molecule has 4 saturated carbocycles. The van der Waals surface area contributed by atoms with E-state index in [2.05, 4.69) is 7.28 Å². The highest BCUT2D eigenvalue weighted by atomic mass is 14.7. The van der Waals surface area contributed by atoms with Crippen LogP contribution in [0.15, 0.2) is 0 Å². The Morgan fingerprint density at radius 1 is 0.692 bits per heavy atom. The average molecular weight is 171 g/mol. The summed E-state index contributed by atoms with van der Waals surface area (Å²) in [5, 5.41) is 0. The third-order valence-electron chi connectivity index (χ3n) is 6.50. The topological polar surface area (TPSA) is 0 Å². The molecule has 1 radical (unpaired) electrons. The van der Waals surface area contributed by atoms with Gasteiger partial charge in [-0.15, -0.1) is 0 Å². The van der Waals surface area contributed by atoms with Crippen molar-refractivity contribution < 1.29 is 0 Å². The lowest BCUT2D eigenvalue weighted by Crippen LogP contribution is -2.66. The van der Waals surface area contributed by atoms with Crippen LogP contribution in [0.25, 0.3) is 0 Å². The molecule has 0 amide bonds. The third-order valence-corrected chi connectivity index (χ3v) is 6.50. The first-order chi connectivity index (χ1) is 6.45. The van der Waals surface area contributed by atoms with Crippen LogP contribution >= 0.6 is 0 Å². The molecule has 5 fully saturated rings. The van der Waals surface area contributed by atoms with Gasteiger partial charge in [0.1, 0.15) is 7.28 Å². The fourth-order valence-electron chi connectivity index (χ4n) is 5.77. The van der Waals surface area contributed by atoms with Gasteiger partial charge in [0.15, 0.2) is 0 Å². The zero-order valence-corrected chi connectivity index (χ0v) is 8.02. The minimum atomic E-state index is 1.10. The molecule has 0 aromatic heterocycles. The fourth-order valence-corrected chi connectivity index (χ4v) is 5.77. The summed E-state index contributed by atoms with van der Waals surface area (Å²) in [7, 11) is 2.79. The van der Waals surface area contributed by atoms with Crippen molar-refractivity contribution in [1.29, 1.82) is 0 Å². The van der Waals surface area contributed by atoms with Crippen LogP contribution in [0.3, 0.4) is 0 Å². The van der Waals surface area contributed by atoms with Crippen molar-refractivity contribution in [1.82, 2.24) is 0 Å². The molecule has 1 aliphatic heterocycles. The van der Waals surface area contributed by atoms with Crippen molar-refractivity contribution in [3.8, 4) is 0 Å². The Bertz CT molecular complexity index is 281. The Balaban J connectivity index is 1.52. The summed E-state index contributed by atoms with van der Waals surface area (Å²) < 4.78 is 0. The van der Waals surface area contributed by atoms with Crippen LogP contribution in [0.1, 0.15) is 25.7 Å². The average Bonchev–Trinajstić information content (AvgIpc) is 2.26. The molecule has 5 rings (SSSR count). The second-order valence-corrected chi connectivity index (χ2v) is 6.31. The largest absolute Gasteiger partial charge is 0.118 e. The highest BCUT2D eigenvalue weighted by Crippen LogP contribution is 2.80. The summed E-state index contributed by atoms with van der Waals surface area (Å²) in [6.45, 7) is 0. The summed E-state index contributed by atoms with van der Waals surface area (Å²) >= 11 is 0. The molecule has 13 heavy (non-hydrogen) atoms. The van der Waals surface area contributed by atoms with E-state index < -0.39 is 0 Å². The van der Waals surface area contributed by atoms with Crippen LogP contribution in [0.4, 0.5) is 0 Å². The minimum absolute atomic E-state index is 1.10. The lowest BCUT2D eigenvalue weighted by Gasteiger charge is -2.73. The molecule has 1 heterocycles. The van der Waals surface area contributed by atoms with Crippen molar-refractivity contribution in [2.45, 2.75) is 37.3 Å². The first kappa shape index (κ1) is 6.53. The van der Waals surface area contributed by atoms with E-state index in [1.54, 1.807) is 25.7 Å². The van der Waals surface area contributed by atoms with E-state index in [0.29, 0.717) is 0 Å². The van der Waals surface area contributed by atoms with Gasteiger partial charge in [0.05, 0.1) is 0 Å². The maximum atomic E-state index is 2.79. The van der Waals surface area contributed by atoms with Crippen molar-refractivity contribution in [2.24, 2.45) is 35.5 Å². The molecule has 4 aliphatic carbocycles. The third kappa shape index (κ3) is 0.488. The zero-order chi connectivity index (χ0) is 8.15. The SMILES string of the molecule is [B]1C2CCC2C2C1C1C3CCC3C21. The molecule has 0 N–H and O–H groups in total. The summed E-state index contributed by atoms with van der Waals surface area (Å²) in [4.78, 5) is 0. The van der Waals surface area contributed by atoms with Gasteiger partial charge in [-0.1, -0.05) is 24.5 Å². The molecule has 8 atom stereocenters. The monoisotopic (exact) mass is 171 g/mol. The molecule has 0 nitrogen and oxygen atoms in total. The summed E-state index contributed by atoms with van der Waals surface area (Å²) in [5.74, 6) is 9.55. The van der Waals surface area contributed by atoms with Crippen LogP contribution in [0, 0.1) is 35.5 Å². The molecule has 8 unspecified atom stereocenters. The van der Waals surface area contributed by atoms with E-state index in [-0.39, 0.29) is 0 Å². The molecule has 0 bridgehead atoms. The standard InChI is InChI=1S/C12H16B/c1-2-6-5(1)9-10(6)12-11(9)7-3-4-8(7)13-12/h5-12H,1-4H2. The Morgan fingerprint density at radius 2 is 1.38 bits per heavy atom. The Kier molecular flexibility index (Phi) is 0.878. The second-order valence-electron chi connectivity index (χ2n) is 6.31.